The number of carbonyl (C=O) groups excluding carboxylic acids is 1. The largest absolute Gasteiger partial charge is 0.479 e. The smallest absolute Gasteiger partial charge is 0.260 e. The predicted molar refractivity (Wildman–Crippen MR) is 65.8 cm³/mol. The molecule has 0 aliphatic carbocycles. The van der Waals surface area contributed by atoms with Crippen LogP contribution in [0.3, 0.4) is 0 Å². The van der Waals surface area contributed by atoms with Gasteiger partial charge >= 0.3 is 0 Å². The Morgan fingerprint density at radius 1 is 1.47 bits per heavy atom. The first-order chi connectivity index (χ1) is 8.15. The maximum absolute atomic E-state index is 11.6. The number of ether oxygens (including phenoxy) is 2. The van der Waals surface area contributed by atoms with Crippen molar-refractivity contribution in [1.82, 2.24) is 5.32 Å². The molecular weight excluding hydrogens is 220 g/mol. The van der Waals surface area contributed by atoms with E-state index in [0.717, 1.165) is 0 Å². The van der Waals surface area contributed by atoms with Gasteiger partial charge in [0.15, 0.2) is 6.10 Å². The highest BCUT2D eigenvalue weighted by molar-refractivity contribution is 5.80. The average Bonchev–Trinajstić information content (AvgIpc) is 2.32. The lowest BCUT2D eigenvalue weighted by Gasteiger charge is -2.15. The number of benzene rings is 1. The van der Waals surface area contributed by atoms with Crippen LogP contribution in [0.4, 0.5) is 5.69 Å². The molecule has 0 aliphatic heterocycles. The summed E-state index contributed by atoms with van der Waals surface area (Å²) in [5.41, 5.74) is 6.23. The Morgan fingerprint density at radius 3 is 2.82 bits per heavy atom. The second kappa shape index (κ2) is 6.75. The van der Waals surface area contributed by atoms with Crippen LogP contribution in [-0.2, 0) is 9.53 Å². The molecule has 0 radical (unpaired) electrons. The number of methoxy groups -OCH3 is 1. The van der Waals surface area contributed by atoms with Crippen molar-refractivity contribution < 1.29 is 14.3 Å². The summed E-state index contributed by atoms with van der Waals surface area (Å²) >= 11 is 0. The van der Waals surface area contributed by atoms with Crippen LogP contribution in [0.5, 0.6) is 5.75 Å². The first-order valence-electron chi connectivity index (χ1n) is 5.43. The number of hydrogen-bond acceptors (Lipinski definition) is 4. The van der Waals surface area contributed by atoms with Gasteiger partial charge in [-0.2, -0.15) is 0 Å². The van der Waals surface area contributed by atoms with Crippen LogP contribution >= 0.6 is 0 Å². The Morgan fingerprint density at radius 2 is 2.18 bits per heavy atom. The molecule has 1 atom stereocenters. The van der Waals surface area contributed by atoms with Gasteiger partial charge in [-0.1, -0.05) is 12.1 Å². The summed E-state index contributed by atoms with van der Waals surface area (Å²) in [7, 11) is 1.58. The Hall–Kier alpha value is -1.75. The SMILES string of the molecule is COCCNC(=O)C(C)Oc1ccccc1N. The van der Waals surface area contributed by atoms with Crippen molar-refractivity contribution in [2.75, 3.05) is 26.0 Å². The van der Waals surface area contributed by atoms with E-state index in [4.69, 9.17) is 15.2 Å². The van der Waals surface area contributed by atoms with Crippen LogP contribution in [0.15, 0.2) is 24.3 Å². The number of hydrogen-bond donors (Lipinski definition) is 2. The minimum atomic E-state index is -0.587. The van der Waals surface area contributed by atoms with E-state index < -0.39 is 6.10 Å². The zero-order valence-electron chi connectivity index (χ0n) is 10.1. The van der Waals surface area contributed by atoms with Crippen molar-refractivity contribution in [2.45, 2.75) is 13.0 Å². The molecule has 0 spiro atoms. The molecule has 0 saturated carbocycles. The normalized spacial score (nSPS) is 11.9. The molecular formula is C12H18N2O3. The Labute approximate surface area is 101 Å². The van der Waals surface area contributed by atoms with E-state index in [2.05, 4.69) is 5.32 Å². The van der Waals surface area contributed by atoms with Crippen molar-refractivity contribution in [2.24, 2.45) is 0 Å². The van der Waals surface area contributed by atoms with Crippen LogP contribution < -0.4 is 15.8 Å². The highest BCUT2D eigenvalue weighted by Crippen LogP contribution is 2.20. The maximum atomic E-state index is 11.6. The summed E-state index contributed by atoms with van der Waals surface area (Å²) in [6.07, 6.45) is -0.587. The Kier molecular flexibility index (Phi) is 5.29. The maximum Gasteiger partial charge on any atom is 0.260 e. The van der Waals surface area contributed by atoms with Crippen molar-refractivity contribution in [3.05, 3.63) is 24.3 Å². The van der Waals surface area contributed by atoms with Crippen molar-refractivity contribution in [1.29, 1.82) is 0 Å². The van der Waals surface area contributed by atoms with Gasteiger partial charge in [0.2, 0.25) is 0 Å². The van der Waals surface area contributed by atoms with Gasteiger partial charge in [0.05, 0.1) is 12.3 Å². The van der Waals surface area contributed by atoms with E-state index in [9.17, 15) is 4.79 Å². The molecule has 5 heteroatoms. The first-order valence-corrected chi connectivity index (χ1v) is 5.43. The van der Waals surface area contributed by atoms with Gasteiger partial charge < -0.3 is 20.5 Å². The fraction of sp³-hybridized carbons (Fsp3) is 0.417. The van der Waals surface area contributed by atoms with E-state index in [1.54, 1.807) is 32.2 Å². The third-order valence-electron chi connectivity index (χ3n) is 2.20. The Balaban J connectivity index is 2.46. The molecule has 0 heterocycles. The number of nitrogens with two attached hydrogens (primary N) is 1. The number of amides is 1. The first kappa shape index (κ1) is 13.3. The number of rotatable bonds is 6. The van der Waals surface area contributed by atoms with Gasteiger partial charge in [0.25, 0.3) is 5.91 Å². The molecule has 0 aromatic heterocycles. The minimum absolute atomic E-state index is 0.190. The number of anilines is 1. The molecule has 1 aromatic rings. The van der Waals surface area contributed by atoms with Gasteiger partial charge in [-0.05, 0) is 19.1 Å². The fourth-order valence-corrected chi connectivity index (χ4v) is 1.25. The van der Waals surface area contributed by atoms with Crippen LogP contribution in [0.2, 0.25) is 0 Å². The van der Waals surface area contributed by atoms with Crippen molar-refractivity contribution >= 4 is 11.6 Å². The summed E-state index contributed by atoms with van der Waals surface area (Å²) in [6, 6.07) is 7.08. The molecule has 1 amide bonds. The van der Waals surface area contributed by atoms with E-state index >= 15 is 0 Å². The van der Waals surface area contributed by atoms with Crippen molar-refractivity contribution in [3.63, 3.8) is 0 Å². The monoisotopic (exact) mass is 238 g/mol. The Bertz CT molecular complexity index is 369. The zero-order valence-corrected chi connectivity index (χ0v) is 10.1. The van der Waals surface area contributed by atoms with Gasteiger partial charge in [-0.3, -0.25) is 4.79 Å². The molecule has 94 valence electrons. The third-order valence-corrected chi connectivity index (χ3v) is 2.20. The summed E-state index contributed by atoms with van der Waals surface area (Å²) in [5, 5.41) is 2.69. The molecule has 0 bridgehead atoms. The van der Waals surface area contributed by atoms with Gasteiger partial charge in [-0.25, -0.2) is 0 Å². The van der Waals surface area contributed by atoms with Crippen LogP contribution in [0, 0.1) is 0 Å². The van der Waals surface area contributed by atoms with Gasteiger partial charge in [0.1, 0.15) is 5.75 Å². The number of para-hydroxylation sites is 2. The van der Waals surface area contributed by atoms with Crippen LogP contribution in [0.25, 0.3) is 0 Å². The summed E-state index contributed by atoms with van der Waals surface area (Å²) < 4.78 is 10.3. The molecule has 1 aromatic carbocycles. The molecule has 0 aliphatic rings. The summed E-state index contributed by atoms with van der Waals surface area (Å²) in [5.74, 6) is 0.326. The average molecular weight is 238 g/mol. The standard InChI is InChI=1S/C12H18N2O3/c1-9(12(15)14-7-8-16-2)17-11-6-4-3-5-10(11)13/h3-6,9H,7-8,13H2,1-2H3,(H,14,15). The highest BCUT2D eigenvalue weighted by atomic mass is 16.5. The molecule has 3 N–H and O–H groups in total. The van der Waals surface area contributed by atoms with E-state index in [0.29, 0.717) is 24.6 Å². The van der Waals surface area contributed by atoms with Crippen LogP contribution in [-0.4, -0.2) is 32.3 Å². The topological polar surface area (TPSA) is 73.6 Å². The highest BCUT2D eigenvalue weighted by Gasteiger charge is 2.14. The summed E-state index contributed by atoms with van der Waals surface area (Å²) in [4.78, 5) is 11.6. The van der Waals surface area contributed by atoms with Crippen LogP contribution in [0.1, 0.15) is 6.92 Å². The number of carbonyl (C=O) groups is 1. The molecule has 1 rings (SSSR count). The molecule has 1 unspecified atom stereocenters. The fourth-order valence-electron chi connectivity index (χ4n) is 1.25. The summed E-state index contributed by atoms with van der Waals surface area (Å²) in [6.45, 7) is 2.62. The van der Waals surface area contributed by atoms with Gasteiger partial charge in [-0.15, -0.1) is 0 Å². The second-order valence-corrected chi connectivity index (χ2v) is 3.58. The minimum Gasteiger partial charge on any atom is -0.479 e. The third kappa shape index (κ3) is 4.32. The zero-order chi connectivity index (χ0) is 12.7. The van der Waals surface area contributed by atoms with Gasteiger partial charge in [0, 0.05) is 13.7 Å². The second-order valence-electron chi connectivity index (χ2n) is 3.58. The molecule has 5 nitrogen and oxygen atoms in total. The van der Waals surface area contributed by atoms with E-state index in [-0.39, 0.29) is 5.91 Å². The lowest BCUT2D eigenvalue weighted by molar-refractivity contribution is -0.127. The van der Waals surface area contributed by atoms with E-state index in [1.807, 2.05) is 6.07 Å². The number of nitrogens with one attached hydrogen (secondary N) is 1. The van der Waals surface area contributed by atoms with Crippen molar-refractivity contribution in [3.8, 4) is 5.75 Å². The molecule has 17 heavy (non-hydrogen) atoms. The number of nitrogen functional groups attached to an aromatic ring is 1. The lowest BCUT2D eigenvalue weighted by atomic mass is 10.3. The lowest BCUT2D eigenvalue weighted by Crippen LogP contribution is -2.38. The predicted octanol–water partition coefficient (Wildman–Crippen LogP) is 0.799. The molecule has 0 saturated heterocycles. The van der Waals surface area contributed by atoms with E-state index in [1.165, 1.54) is 0 Å². The molecule has 0 fully saturated rings. The quantitative estimate of drug-likeness (QED) is 0.568.